The average Bonchev–Trinajstić information content (AvgIpc) is 2.25. The number of nitrogens with zero attached hydrogens (tertiary/aromatic N) is 2. The fourth-order valence-corrected chi connectivity index (χ4v) is 2.08. The SMILES string of the molecule is COc1cnc(C(N)CS(C)(=O)=O)c(OC)n1. The van der Waals surface area contributed by atoms with Gasteiger partial charge in [-0.2, -0.15) is 4.98 Å². The van der Waals surface area contributed by atoms with E-state index in [1.54, 1.807) is 0 Å². The van der Waals surface area contributed by atoms with Crippen LogP contribution in [-0.4, -0.2) is 44.6 Å². The van der Waals surface area contributed by atoms with Gasteiger partial charge in [0.05, 0.1) is 32.2 Å². The standard InChI is InChI=1S/C9H15N3O4S/c1-15-7-4-11-8(9(12-7)16-2)6(10)5-17(3,13)14/h4,6H,5,10H2,1-3H3. The van der Waals surface area contributed by atoms with E-state index in [2.05, 4.69) is 9.97 Å². The number of methoxy groups -OCH3 is 2. The van der Waals surface area contributed by atoms with Crippen LogP contribution in [0.15, 0.2) is 6.20 Å². The van der Waals surface area contributed by atoms with Crippen molar-refractivity contribution in [1.29, 1.82) is 0 Å². The van der Waals surface area contributed by atoms with Gasteiger partial charge in [0.25, 0.3) is 0 Å². The molecule has 8 heteroatoms. The topological polar surface area (TPSA) is 104 Å². The Labute approximate surface area is 99.9 Å². The molecule has 0 aliphatic rings. The maximum Gasteiger partial charge on any atom is 0.240 e. The van der Waals surface area contributed by atoms with Crippen molar-refractivity contribution in [1.82, 2.24) is 9.97 Å². The summed E-state index contributed by atoms with van der Waals surface area (Å²) in [5.41, 5.74) is 6.04. The highest BCUT2D eigenvalue weighted by Crippen LogP contribution is 2.22. The Morgan fingerprint density at radius 3 is 2.53 bits per heavy atom. The molecule has 2 N–H and O–H groups in total. The van der Waals surface area contributed by atoms with Crippen molar-refractivity contribution >= 4 is 9.84 Å². The Morgan fingerprint density at radius 1 is 1.41 bits per heavy atom. The molecule has 0 bridgehead atoms. The molecule has 0 aliphatic carbocycles. The summed E-state index contributed by atoms with van der Waals surface area (Å²) in [4.78, 5) is 7.98. The van der Waals surface area contributed by atoms with E-state index in [9.17, 15) is 8.42 Å². The molecule has 17 heavy (non-hydrogen) atoms. The first-order chi connectivity index (χ1) is 7.87. The quantitative estimate of drug-likeness (QED) is 0.764. The first kappa shape index (κ1) is 13.7. The summed E-state index contributed by atoms with van der Waals surface area (Å²) in [6.07, 6.45) is 2.47. The van der Waals surface area contributed by atoms with Gasteiger partial charge in [-0.25, -0.2) is 13.4 Å². The van der Waals surface area contributed by atoms with Gasteiger partial charge in [0, 0.05) is 6.26 Å². The Morgan fingerprint density at radius 2 is 2.06 bits per heavy atom. The van der Waals surface area contributed by atoms with Crippen LogP contribution < -0.4 is 15.2 Å². The average molecular weight is 261 g/mol. The number of nitrogens with two attached hydrogens (primary N) is 1. The van der Waals surface area contributed by atoms with Crippen molar-refractivity contribution in [3.63, 3.8) is 0 Å². The van der Waals surface area contributed by atoms with Crippen LogP contribution in [0.4, 0.5) is 0 Å². The van der Waals surface area contributed by atoms with Crippen LogP contribution in [0.25, 0.3) is 0 Å². The molecule has 0 spiro atoms. The van der Waals surface area contributed by atoms with Crippen molar-refractivity contribution in [2.75, 3.05) is 26.2 Å². The van der Waals surface area contributed by atoms with Gasteiger partial charge in [-0.15, -0.1) is 0 Å². The van der Waals surface area contributed by atoms with E-state index in [1.165, 1.54) is 20.4 Å². The Bertz CT molecular complexity index is 489. The van der Waals surface area contributed by atoms with Crippen molar-refractivity contribution in [2.45, 2.75) is 6.04 Å². The fourth-order valence-electron chi connectivity index (χ4n) is 1.27. The van der Waals surface area contributed by atoms with Gasteiger partial charge >= 0.3 is 0 Å². The van der Waals surface area contributed by atoms with E-state index in [-0.39, 0.29) is 17.5 Å². The molecule has 0 radical (unpaired) electrons. The zero-order valence-electron chi connectivity index (χ0n) is 9.87. The molecular weight excluding hydrogens is 246 g/mol. The number of ether oxygens (including phenoxy) is 2. The molecule has 1 atom stereocenters. The van der Waals surface area contributed by atoms with Gasteiger partial charge in [0.15, 0.2) is 0 Å². The molecule has 0 amide bonds. The Hall–Kier alpha value is -1.41. The van der Waals surface area contributed by atoms with Gasteiger partial charge in [0.2, 0.25) is 11.8 Å². The smallest absolute Gasteiger partial charge is 0.240 e. The molecule has 1 heterocycles. The summed E-state index contributed by atoms with van der Waals surface area (Å²) in [5, 5.41) is 0. The van der Waals surface area contributed by atoms with Crippen molar-refractivity contribution in [2.24, 2.45) is 5.73 Å². The lowest BCUT2D eigenvalue weighted by atomic mass is 10.2. The lowest BCUT2D eigenvalue weighted by molar-refractivity contribution is 0.354. The van der Waals surface area contributed by atoms with Crippen LogP contribution in [0.5, 0.6) is 11.8 Å². The van der Waals surface area contributed by atoms with Crippen LogP contribution in [0.3, 0.4) is 0 Å². The van der Waals surface area contributed by atoms with Crippen molar-refractivity contribution < 1.29 is 17.9 Å². The second-order valence-electron chi connectivity index (χ2n) is 3.51. The molecule has 1 aromatic heterocycles. The second kappa shape index (κ2) is 5.28. The van der Waals surface area contributed by atoms with E-state index in [1.807, 2.05) is 0 Å². The van der Waals surface area contributed by atoms with Crippen LogP contribution in [0, 0.1) is 0 Å². The number of aromatic nitrogens is 2. The number of hydrogen-bond acceptors (Lipinski definition) is 7. The minimum Gasteiger partial charge on any atom is -0.480 e. The van der Waals surface area contributed by atoms with Gasteiger partial charge in [-0.05, 0) is 0 Å². The molecule has 0 saturated heterocycles. The summed E-state index contributed by atoms with van der Waals surface area (Å²) in [5.74, 6) is 0.224. The van der Waals surface area contributed by atoms with Gasteiger partial charge in [0.1, 0.15) is 15.5 Å². The second-order valence-corrected chi connectivity index (χ2v) is 5.69. The maximum atomic E-state index is 11.1. The number of hydrogen-bond donors (Lipinski definition) is 1. The third-order valence-corrected chi connectivity index (χ3v) is 2.95. The van der Waals surface area contributed by atoms with E-state index in [0.717, 1.165) is 6.26 Å². The molecule has 1 rings (SSSR count). The molecule has 0 saturated carbocycles. The maximum absolute atomic E-state index is 11.1. The van der Waals surface area contributed by atoms with Crippen molar-refractivity contribution in [3.05, 3.63) is 11.9 Å². The lowest BCUT2D eigenvalue weighted by Crippen LogP contribution is -2.23. The van der Waals surface area contributed by atoms with Crippen LogP contribution in [0.1, 0.15) is 11.7 Å². The predicted molar refractivity (Wildman–Crippen MR) is 61.8 cm³/mol. The van der Waals surface area contributed by atoms with E-state index in [0.29, 0.717) is 5.69 Å². The highest BCUT2D eigenvalue weighted by molar-refractivity contribution is 7.90. The van der Waals surface area contributed by atoms with Crippen LogP contribution >= 0.6 is 0 Å². The van der Waals surface area contributed by atoms with Crippen LogP contribution in [-0.2, 0) is 9.84 Å². The first-order valence-electron chi connectivity index (χ1n) is 4.75. The molecule has 0 aliphatic heterocycles. The highest BCUT2D eigenvalue weighted by Gasteiger charge is 2.20. The minimum absolute atomic E-state index is 0.167. The lowest BCUT2D eigenvalue weighted by Gasteiger charge is -2.13. The Kier molecular flexibility index (Phi) is 4.24. The minimum atomic E-state index is -3.19. The molecule has 96 valence electrons. The zero-order chi connectivity index (χ0) is 13.1. The Balaban J connectivity index is 3.04. The van der Waals surface area contributed by atoms with E-state index in [4.69, 9.17) is 15.2 Å². The molecule has 0 fully saturated rings. The largest absolute Gasteiger partial charge is 0.480 e. The summed E-state index contributed by atoms with van der Waals surface area (Å²) >= 11 is 0. The summed E-state index contributed by atoms with van der Waals surface area (Å²) in [7, 11) is -0.345. The fraction of sp³-hybridized carbons (Fsp3) is 0.556. The number of sulfone groups is 1. The first-order valence-corrected chi connectivity index (χ1v) is 6.81. The highest BCUT2D eigenvalue weighted by atomic mass is 32.2. The van der Waals surface area contributed by atoms with Gasteiger partial charge in [-0.1, -0.05) is 0 Å². The normalized spacial score (nSPS) is 13.2. The molecule has 1 aromatic rings. The zero-order valence-corrected chi connectivity index (χ0v) is 10.7. The third-order valence-electron chi connectivity index (χ3n) is 1.98. The number of rotatable bonds is 5. The summed E-state index contributed by atoms with van der Waals surface area (Å²) in [6.45, 7) is 0. The summed E-state index contributed by atoms with van der Waals surface area (Å²) < 4.78 is 32.2. The molecular formula is C9H15N3O4S. The summed E-state index contributed by atoms with van der Waals surface area (Å²) in [6, 6.07) is -0.779. The van der Waals surface area contributed by atoms with Crippen LogP contribution in [0.2, 0.25) is 0 Å². The molecule has 1 unspecified atom stereocenters. The van der Waals surface area contributed by atoms with E-state index < -0.39 is 15.9 Å². The monoisotopic (exact) mass is 261 g/mol. The molecule has 7 nitrogen and oxygen atoms in total. The predicted octanol–water partition coefficient (Wildman–Crippen LogP) is -0.462. The van der Waals surface area contributed by atoms with Gasteiger partial charge < -0.3 is 15.2 Å². The van der Waals surface area contributed by atoms with Crippen molar-refractivity contribution in [3.8, 4) is 11.8 Å². The van der Waals surface area contributed by atoms with E-state index >= 15 is 0 Å². The third kappa shape index (κ3) is 3.82. The van der Waals surface area contributed by atoms with Gasteiger partial charge in [-0.3, -0.25) is 0 Å². The molecule has 0 aromatic carbocycles.